The average Bonchev–Trinajstić information content (AvgIpc) is 3.13. The van der Waals surface area contributed by atoms with Gasteiger partial charge in [0.2, 0.25) is 11.8 Å². The first-order chi connectivity index (χ1) is 20.8. The first kappa shape index (κ1) is 31.6. The van der Waals surface area contributed by atoms with Gasteiger partial charge < -0.3 is 9.80 Å². The lowest BCUT2D eigenvalue weighted by Crippen LogP contribution is -2.50. The molecule has 3 aromatic rings. The molecule has 0 unspecified atom stereocenters. The SMILES string of the molecule is CC(C)n1c(=O)c(-c2cccc(F)c2Cl)cn(CC(=O)N2CCC(N3CCc4cc(S(C)(=O)=O)ccc4CC3=O)CC2)c1=O. The Morgan fingerprint density at radius 2 is 1.73 bits per heavy atom. The van der Waals surface area contributed by atoms with Crippen LogP contribution in [0, 0.1) is 5.82 Å². The van der Waals surface area contributed by atoms with Crippen LogP contribution in [0.15, 0.2) is 57.1 Å². The summed E-state index contributed by atoms with van der Waals surface area (Å²) in [6, 6.07) is 8.38. The minimum absolute atomic E-state index is 0.0126. The van der Waals surface area contributed by atoms with Gasteiger partial charge >= 0.3 is 5.69 Å². The molecule has 1 fully saturated rings. The van der Waals surface area contributed by atoms with E-state index in [9.17, 15) is 32.0 Å². The van der Waals surface area contributed by atoms with Gasteiger partial charge in [0, 0.05) is 49.7 Å². The summed E-state index contributed by atoms with van der Waals surface area (Å²) in [6.45, 7) is 4.22. The Hall–Kier alpha value is -3.77. The van der Waals surface area contributed by atoms with Crippen LogP contribution in [0.3, 0.4) is 0 Å². The van der Waals surface area contributed by atoms with Gasteiger partial charge in [-0.2, -0.15) is 0 Å². The smallest absolute Gasteiger partial charge is 0.331 e. The molecule has 0 spiro atoms. The van der Waals surface area contributed by atoms with Crippen LogP contribution in [0.25, 0.3) is 11.1 Å². The number of halogens is 2. The van der Waals surface area contributed by atoms with Crippen molar-refractivity contribution in [3.05, 3.63) is 85.4 Å². The van der Waals surface area contributed by atoms with E-state index in [0.717, 1.165) is 26.5 Å². The maximum Gasteiger partial charge on any atom is 0.331 e. The molecule has 10 nitrogen and oxygen atoms in total. The third kappa shape index (κ3) is 6.23. The monoisotopic (exact) mass is 644 g/mol. The fraction of sp³-hybridized carbons (Fsp3) is 0.419. The quantitative estimate of drug-likeness (QED) is 0.407. The Morgan fingerprint density at radius 1 is 1.02 bits per heavy atom. The molecule has 44 heavy (non-hydrogen) atoms. The number of piperidine rings is 1. The number of carbonyl (C=O) groups excluding carboxylic acids is 2. The van der Waals surface area contributed by atoms with Gasteiger partial charge in [-0.15, -0.1) is 0 Å². The summed E-state index contributed by atoms with van der Waals surface area (Å²) in [7, 11) is -3.36. The highest BCUT2D eigenvalue weighted by Gasteiger charge is 2.32. The summed E-state index contributed by atoms with van der Waals surface area (Å²) in [5, 5.41) is -0.250. The molecule has 13 heteroatoms. The van der Waals surface area contributed by atoms with E-state index in [1.54, 1.807) is 30.9 Å². The molecule has 2 amide bonds. The summed E-state index contributed by atoms with van der Waals surface area (Å²) >= 11 is 6.16. The number of rotatable bonds is 6. The van der Waals surface area contributed by atoms with Crippen LogP contribution < -0.4 is 11.2 Å². The highest BCUT2D eigenvalue weighted by Crippen LogP contribution is 2.28. The largest absolute Gasteiger partial charge is 0.341 e. The van der Waals surface area contributed by atoms with Crippen molar-refractivity contribution < 1.29 is 22.4 Å². The number of benzene rings is 2. The molecule has 0 N–H and O–H groups in total. The number of sulfone groups is 1. The maximum absolute atomic E-state index is 14.2. The number of fused-ring (bicyclic) bond motifs is 1. The molecular weight excluding hydrogens is 611 g/mol. The lowest BCUT2D eigenvalue weighted by Gasteiger charge is -2.38. The normalized spacial score (nSPS) is 16.3. The first-order valence-corrected chi connectivity index (χ1v) is 16.7. The van der Waals surface area contributed by atoms with E-state index in [4.69, 9.17) is 11.6 Å². The van der Waals surface area contributed by atoms with Crippen molar-refractivity contribution in [3.63, 3.8) is 0 Å². The van der Waals surface area contributed by atoms with Crippen molar-refractivity contribution in [2.75, 3.05) is 25.9 Å². The van der Waals surface area contributed by atoms with E-state index in [2.05, 4.69) is 0 Å². The number of amides is 2. The Balaban J connectivity index is 1.30. The van der Waals surface area contributed by atoms with Gasteiger partial charge in [0.25, 0.3) is 5.56 Å². The molecule has 2 aliphatic heterocycles. The first-order valence-electron chi connectivity index (χ1n) is 14.5. The number of carbonyl (C=O) groups is 2. The maximum atomic E-state index is 14.2. The molecule has 0 atom stereocenters. The number of nitrogens with zero attached hydrogens (tertiary/aromatic N) is 4. The molecule has 3 heterocycles. The number of likely N-dealkylation sites (tertiary alicyclic amines) is 1. The number of hydrogen-bond acceptors (Lipinski definition) is 6. The fourth-order valence-electron chi connectivity index (χ4n) is 6.01. The zero-order valence-corrected chi connectivity index (χ0v) is 26.3. The van der Waals surface area contributed by atoms with Crippen LogP contribution in [0.5, 0.6) is 0 Å². The van der Waals surface area contributed by atoms with Gasteiger partial charge in [0.15, 0.2) is 9.84 Å². The fourth-order valence-corrected chi connectivity index (χ4v) is 6.91. The topological polar surface area (TPSA) is 119 Å². The van der Waals surface area contributed by atoms with E-state index in [-0.39, 0.29) is 51.9 Å². The van der Waals surface area contributed by atoms with Crippen molar-refractivity contribution >= 4 is 33.3 Å². The zero-order valence-electron chi connectivity index (χ0n) is 24.8. The molecular formula is C31H34ClFN4O6S. The lowest BCUT2D eigenvalue weighted by atomic mass is 10.0. The second kappa shape index (κ2) is 12.3. The summed E-state index contributed by atoms with van der Waals surface area (Å²) in [6.07, 6.45) is 4.24. The molecule has 0 aliphatic carbocycles. The van der Waals surface area contributed by atoms with Crippen molar-refractivity contribution in [2.24, 2.45) is 0 Å². The minimum Gasteiger partial charge on any atom is -0.341 e. The molecule has 1 saturated heterocycles. The number of aromatic nitrogens is 2. The zero-order chi connectivity index (χ0) is 31.9. The van der Waals surface area contributed by atoms with Crippen LogP contribution in [0.4, 0.5) is 4.39 Å². The van der Waals surface area contributed by atoms with E-state index in [1.807, 2.05) is 4.90 Å². The van der Waals surface area contributed by atoms with Gasteiger partial charge in [-0.25, -0.2) is 17.6 Å². The van der Waals surface area contributed by atoms with Crippen molar-refractivity contribution in [1.82, 2.24) is 18.9 Å². The van der Waals surface area contributed by atoms with Crippen molar-refractivity contribution in [3.8, 4) is 11.1 Å². The summed E-state index contributed by atoms with van der Waals surface area (Å²) in [5.41, 5.74) is 0.536. The highest BCUT2D eigenvalue weighted by molar-refractivity contribution is 7.90. The van der Waals surface area contributed by atoms with Gasteiger partial charge in [0.1, 0.15) is 12.4 Å². The Morgan fingerprint density at radius 3 is 2.39 bits per heavy atom. The van der Waals surface area contributed by atoms with Crippen molar-refractivity contribution in [2.45, 2.75) is 63.1 Å². The van der Waals surface area contributed by atoms with Crippen LogP contribution in [-0.4, -0.2) is 71.1 Å². The average molecular weight is 645 g/mol. The highest BCUT2D eigenvalue weighted by atomic mass is 35.5. The van der Waals surface area contributed by atoms with Crippen molar-refractivity contribution in [1.29, 1.82) is 0 Å². The molecule has 1 aromatic heterocycles. The Kier molecular flexibility index (Phi) is 8.86. The molecule has 0 radical (unpaired) electrons. The number of hydrogen-bond donors (Lipinski definition) is 0. The van der Waals surface area contributed by atoms with Gasteiger partial charge in [-0.05, 0) is 62.4 Å². The molecule has 0 saturated carbocycles. The molecule has 0 bridgehead atoms. The van der Waals surface area contributed by atoms with E-state index in [1.165, 1.54) is 30.5 Å². The van der Waals surface area contributed by atoms with E-state index in [0.29, 0.717) is 38.9 Å². The van der Waals surface area contributed by atoms with Crippen LogP contribution in [0.2, 0.25) is 5.02 Å². The lowest BCUT2D eigenvalue weighted by molar-refractivity contribution is -0.136. The minimum atomic E-state index is -3.36. The van der Waals surface area contributed by atoms with Gasteiger partial charge in [-0.1, -0.05) is 29.8 Å². The predicted molar refractivity (Wildman–Crippen MR) is 164 cm³/mol. The summed E-state index contributed by atoms with van der Waals surface area (Å²) in [4.78, 5) is 56.7. The second-order valence-corrected chi connectivity index (χ2v) is 14.0. The van der Waals surface area contributed by atoms with E-state index >= 15 is 0 Å². The van der Waals surface area contributed by atoms with Crippen LogP contribution in [0.1, 0.15) is 43.9 Å². The van der Waals surface area contributed by atoms with Gasteiger partial charge in [0.05, 0.1) is 21.9 Å². The Labute approximate surface area is 259 Å². The van der Waals surface area contributed by atoms with Crippen LogP contribution in [-0.2, 0) is 38.8 Å². The predicted octanol–water partition coefficient (Wildman–Crippen LogP) is 3.07. The van der Waals surface area contributed by atoms with Crippen LogP contribution >= 0.6 is 11.6 Å². The molecule has 2 aliphatic rings. The summed E-state index contributed by atoms with van der Waals surface area (Å²) < 4.78 is 40.4. The molecule has 5 rings (SSSR count). The van der Waals surface area contributed by atoms with Gasteiger partial charge in [-0.3, -0.25) is 23.5 Å². The molecule has 2 aromatic carbocycles. The van der Waals surface area contributed by atoms with E-state index < -0.39 is 32.9 Å². The molecule has 234 valence electrons. The Bertz CT molecular complexity index is 1860. The third-order valence-corrected chi connectivity index (χ3v) is 9.89. The third-order valence-electron chi connectivity index (χ3n) is 8.40. The second-order valence-electron chi connectivity index (χ2n) is 11.7. The summed E-state index contributed by atoms with van der Waals surface area (Å²) in [5.74, 6) is -1.06. The standard InChI is InChI=1S/C31H34ClFN4O6S/c1-19(2)37-30(40)25(24-5-4-6-26(33)29(24)32)17-35(31(37)41)18-28(39)34-12-10-22(11-13-34)36-14-9-21-15-23(44(3,42)43)8-7-20(21)16-27(36)38/h4-8,15,17,19,22H,9-14,16,18H2,1-3H3.